The third-order valence-electron chi connectivity index (χ3n) is 14.7. The van der Waals surface area contributed by atoms with Gasteiger partial charge < -0.3 is 77.0 Å². The van der Waals surface area contributed by atoms with Gasteiger partial charge in [0.15, 0.2) is 0 Å². The average Bonchev–Trinajstić information content (AvgIpc) is 1.63. The summed E-state index contributed by atoms with van der Waals surface area (Å²) in [4.78, 5) is 121. The largest absolute Gasteiger partial charge is 0.491 e. The van der Waals surface area contributed by atoms with Crippen molar-refractivity contribution in [1.29, 1.82) is 0 Å². The quantitative estimate of drug-likeness (QED) is 0.0210. The summed E-state index contributed by atoms with van der Waals surface area (Å²) in [5.74, 6) is -2.91. The van der Waals surface area contributed by atoms with Gasteiger partial charge in [0, 0.05) is 70.6 Å². The third kappa shape index (κ3) is 24.9. The minimum absolute atomic E-state index is 0.0756. The first kappa shape index (κ1) is 79.2. The van der Waals surface area contributed by atoms with Crippen LogP contribution in [0.5, 0.6) is 11.5 Å². The monoisotopic (exact) mass is 1580 g/mol. The first-order chi connectivity index (χ1) is 49.0. The number of anilines is 2. The zero-order chi connectivity index (χ0) is 71.9. The molecule has 5 heterocycles. The number of amides is 7. The van der Waals surface area contributed by atoms with Crippen molar-refractivity contribution in [2.45, 2.75) is 14.7 Å². The minimum Gasteiger partial charge on any atom is -0.491 e. The van der Waals surface area contributed by atoms with Crippen LogP contribution in [0.3, 0.4) is 0 Å². The smallest absolute Gasteiger partial charge is 0.329 e. The fraction of sp³-hybridized carbons (Fsp3) is 0.377. The number of hydrogen-bond donors (Lipinski definition) is 3. The Bertz CT molecular complexity index is 3550. The van der Waals surface area contributed by atoms with E-state index in [1.807, 2.05) is 17.0 Å². The Morgan fingerprint density at radius 1 is 0.386 bits per heavy atom. The Hall–Kier alpha value is -7.54. The van der Waals surface area contributed by atoms with Crippen molar-refractivity contribution in [3.63, 3.8) is 0 Å². The van der Waals surface area contributed by atoms with Crippen LogP contribution >= 0.6 is 68.0 Å². The Kier molecular flexibility index (Phi) is 33.0. The molecule has 0 atom stereocenters. The van der Waals surface area contributed by atoms with Crippen LogP contribution in [0.15, 0.2) is 155 Å². The Balaban J connectivity index is 0.000000241. The molecule has 540 valence electrons. The van der Waals surface area contributed by atoms with Gasteiger partial charge in [0.1, 0.15) is 46.9 Å². The molecule has 0 unspecified atom stereocenters. The van der Waals surface area contributed by atoms with E-state index in [0.717, 1.165) is 43.8 Å². The van der Waals surface area contributed by atoms with Gasteiger partial charge in [-0.3, -0.25) is 33.6 Å². The maximum absolute atomic E-state index is 14.1. The van der Waals surface area contributed by atoms with Gasteiger partial charge in [-0.2, -0.15) is 0 Å². The highest BCUT2D eigenvalue weighted by Crippen LogP contribution is 2.44. The molecule has 0 bridgehead atoms. The lowest BCUT2D eigenvalue weighted by Crippen LogP contribution is -2.40. The number of ether oxygens (including phenoxy) is 11. The molecule has 101 heavy (non-hydrogen) atoms. The van der Waals surface area contributed by atoms with Crippen LogP contribution in [0, 0.1) is 0 Å². The van der Waals surface area contributed by atoms with E-state index in [-0.39, 0.29) is 76.1 Å². The van der Waals surface area contributed by atoms with Crippen molar-refractivity contribution in [2.75, 3.05) is 181 Å². The molecule has 5 aliphatic rings. The molecule has 10 rings (SSSR count). The lowest BCUT2D eigenvalue weighted by atomic mass is 10.2. The van der Waals surface area contributed by atoms with Crippen molar-refractivity contribution < 1.29 is 105 Å². The fourth-order valence-electron chi connectivity index (χ4n) is 9.65. The second kappa shape index (κ2) is 42.1. The third-order valence-corrected chi connectivity index (χ3v) is 19.4. The second-order valence-electron chi connectivity index (χ2n) is 21.7. The molecule has 0 saturated carbocycles. The van der Waals surface area contributed by atoms with Crippen LogP contribution in [0.4, 0.5) is 11.4 Å². The summed E-state index contributed by atoms with van der Waals surface area (Å²) < 4.78 is 58.8. The van der Waals surface area contributed by atoms with E-state index < -0.39 is 35.6 Å². The van der Waals surface area contributed by atoms with Crippen LogP contribution in [0.2, 0.25) is 0 Å². The van der Waals surface area contributed by atoms with Gasteiger partial charge in [0.2, 0.25) is 0 Å². The first-order valence-electron chi connectivity index (χ1n) is 31.9. The van der Waals surface area contributed by atoms with Crippen LogP contribution in [-0.2, 0) is 71.4 Å². The number of benzene rings is 5. The molecular formula is C69H75Br2N5O22S3. The normalized spacial score (nSPS) is 15.5. The highest BCUT2D eigenvalue weighted by Gasteiger charge is 2.41. The molecule has 5 aromatic carbocycles. The number of thioether (sulfide) groups is 2. The summed E-state index contributed by atoms with van der Waals surface area (Å²) in [5, 5.41) is 16.9. The summed E-state index contributed by atoms with van der Waals surface area (Å²) in [5.41, 5.74) is 2.57. The van der Waals surface area contributed by atoms with Crippen LogP contribution in [-0.4, -0.2) is 250 Å². The SMILES string of the molecule is O=C(O)COCCOCCOCCOc1ccc(N2C(=O)C(Br)=C(Br)C2=O)cc1.O=C(O)COCCOCCOCCOc1ccc(N2C(=O)C(Sc3ccc(C(=O)N4CCOCC4)cc3)=C(Sc3ccc(C(=O)N4CCOCC4)cc3)C2=O)cc1.O=C(c1ccc(S)cc1)N1CCOCC1. The van der Waals surface area contributed by atoms with Gasteiger partial charge in [-0.1, -0.05) is 23.5 Å². The van der Waals surface area contributed by atoms with E-state index >= 15 is 0 Å². The van der Waals surface area contributed by atoms with Gasteiger partial charge >= 0.3 is 11.9 Å². The summed E-state index contributed by atoms with van der Waals surface area (Å²) in [6.45, 7) is 9.52. The number of thiol groups is 1. The van der Waals surface area contributed by atoms with Gasteiger partial charge in [-0.05, 0) is 153 Å². The lowest BCUT2D eigenvalue weighted by molar-refractivity contribution is -0.143. The zero-order valence-electron chi connectivity index (χ0n) is 54.7. The molecule has 0 aliphatic carbocycles. The number of carboxylic acids is 2. The summed E-state index contributed by atoms with van der Waals surface area (Å²) in [6, 6.07) is 34.4. The Morgan fingerprint density at radius 3 is 0.970 bits per heavy atom. The molecular weight excluding hydrogens is 1510 g/mol. The Labute approximate surface area is 613 Å². The highest BCUT2D eigenvalue weighted by atomic mass is 79.9. The van der Waals surface area contributed by atoms with Crippen molar-refractivity contribution in [3.05, 3.63) is 157 Å². The number of hydrogen-bond acceptors (Lipinski definition) is 23. The number of nitrogens with zero attached hydrogens (tertiary/aromatic N) is 5. The molecule has 0 radical (unpaired) electrons. The second-order valence-corrected chi connectivity index (χ2v) is 26.0. The summed E-state index contributed by atoms with van der Waals surface area (Å²) in [7, 11) is 0. The van der Waals surface area contributed by atoms with Crippen molar-refractivity contribution in [2.24, 2.45) is 0 Å². The molecule has 0 spiro atoms. The number of aliphatic carboxylic acids is 2. The number of carbonyl (C=O) groups excluding carboxylic acids is 7. The van der Waals surface area contributed by atoms with Gasteiger partial charge in [0.05, 0.1) is 127 Å². The highest BCUT2D eigenvalue weighted by molar-refractivity contribution is 9.14. The van der Waals surface area contributed by atoms with Crippen molar-refractivity contribution in [1.82, 2.24) is 14.7 Å². The van der Waals surface area contributed by atoms with E-state index in [1.165, 1.54) is 0 Å². The minimum atomic E-state index is -1.03. The van der Waals surface area contributed by atoms with Crippen molar-refractivity contribution >= 4 is 133 Å². The number of carbonyl (C=O) groups is 9. The molecule has 5 aliphatic heterocycles. The molecule has 5 aromatic rings. The molecule has 27 nitrogen and oxygen atoms in total. The number of carboxylic acid groups (broad SMARTS) is 2. The molecule has 3 fully saturated rings. The maximum Gasteiger partial charge on any atom is 0.329 e. The molecule has 3 saturated heterocycles. The molecule has 32 heteroatoms. The predicted octanol–water partition coefficient (Wildman–Crippen LogP) is 7.34. The number of morpholine rings is 3. The van der Waals surface area contributed by atoms with E-state index in [0.29, 0.717) is 176 Å². The topological polar surface area (TPSA) is 312 Å². The van der Waals surface area contributed by atoms with Gasteiger partial charge in [-0.15, -0.1) is 12.6 Å². The van der Waals surface area contributed by atoms with Gasteiger partial charge in [0.25, 0.3) is 41.4 Å². The van der Waals surface area contributed by atoms with Gasteiger partial charge in [-0.25, -0.2) is 19.4 Å². The van der Waals surface area contributed by atoms with Crippen LogP contribution < -0.4 is 19.3 Å². The fourth-order valence-corrected chi connectivity index (χ4v) is 12.5. The maximum atomic E-state index is 14.1. The average molecular weight is 1580 g/mol. The predicted molar refractivity (Wildman–Crippen MR) is 379 cm³/mol. The molecule has 0 aromatic heterocycles. The molecule has 7 amide bonds. The molecule has 2 N–H and O–H groups in total. The van der Waals surface area contributed by atoms with E-state index in [1.54, 1.807) is 119 Å². The van der Waals surface area contributed by atoms with Crippen LogP contribution in [0.1, 0.15) is 31.1 Å². The van der Waals surface area contributed by atoms with E-state index in [2.05, 4.69) is 44.5 Å². The lowest BCUT2D eigenvalue weighted by Gasteiger charge is -2.26. The van der Waals surface area contributed by atoms with E-state index in [4.69, 9.17) is 62.3 Å². The van der Waals surface area contributed by atoms with Crippen molar-refractivity contribution in [3.8, 4) is 11.5 Å². The number of imide groups is 2. The standard InChI is InChI=1S/C40H43N3O12S2.C18H19Br2NO8.C11H13NO2S/c44-34(45)27-54-24-23-52-21-22-53-25-26-55-31-7-5-30(6-8-31)43-39(48)35(56-32-9-1-28(2-10-32)37(46)41-13-17-50-18-14-41)36(40(43)49)57-33-11-3-29(4-12-33)38(47)42-15-19-51-20-16-42;19-15-16(20)18(25)21(17(15)24)12-1-3-13(4-2-12)29-10-9-27-6-5-26-7-8-28-11-14(22)23;13-11(12-5-7-14-8-6-12)9-1-3-10(15)4-2-9/h1-12H,13-27H2,(H,44,45);1-4H,5-11H2,(H,22,23);1-4,15H,5-8H2. The van der Waals surface area contributed by atoms with E-state index in [9.17, 15) is 43.2 Å². The summed E-state index contributed by atoms with van der Waals surface area (Å²) >= 11 is 12.7. The number of rotatable bonds is 33. The number of halogens is 2. The summed E-state index contributed by atoms with van der Waals surface area (Å²) in [6.07, 6.45) is 0. The van der Waals surface area contributed by atoms with Crippen LogP contribution in [0.25, 0.3) is 0 Å². The first-order valence-corrected chi connectivity index (χ1v) is 35.5. The Morgan fingerprint density at radius 2 is 0.663 bits per heavy atom. The zero-order valence-corrected chi connectivity index (χ0v) is 60.4.